The first kappa shape index (κ1) is 19.4. The van der Waals surface area contributed by atoms with Crippen molar-refractivity contribution in [2.24, 2.45) is 0 Å². The lowest BCUT2D eigenvalue weighted by molar-refractivity contribution is -0.135. The zero-order chi connectivity index (χ0) is 19.2. The van der Waals surface area contributed by atoms with Gasteiger partial charge in [-0.2, -0.15) is 0 Å². The number of hydrogen-bond donors (Lipinski definition) is 1. The molecule has 1 aromatic heterocycles. The molecule has 1 aliphatic heterocycles. The Morgan fingerprint density at radius 2 is 2.07 bits per heavy atom. The number of amides is 2. The van der Waals surface area contributed by atoms with Crippen LogP contribution >= 0.6 is 0 Å². The molecule has 0 radical (unpaired) electrons. The highest BCUT2D eigenvalue weighted by atomic mass is 16.2. The summed E-state index contributed by atoms with van der Waals surface area (Å²) in [6.45, 7) is 5.76. The number of nitrogens with zero attached hydrogens (tertiary/aromatic N) is 3. The number of imidazole rings is 1. The Bertz CT molecular complexity index is 799. The van der Waals surface area contributed by atoms with E-state index in [9.17, 15) is 9.59 Å². The summed E-state index contributed by atoms with van der Waals surface area (Å²) in [7, 11) is 0. The summed E-state index contributed by atoms with van der Waals surface area (Å²) in [6.07, 6.45) is 5.42. The van der Waals surface area contributed by atoms with Gasteiger partial charge in [0.15, 0.2) is 0 Å². The first-order valence-corrected chi connectivity index (χ1v) is 10.1. The highest BCUT2D eigenvalue weighted by Gasteiger charge is 2.26. The molecule has 0 saturated carbocycles. The van der Waals surface area contributed by atoms with Crippen LogP contribution in [-0.2, 0) is 22.6 Å². The molecule has 2 amide bonds. The van der Waals surface area contributed by atoms with Crippen LogP contribution in [0.1, 0.15) is 51.8 Å². The Labute approximate surface area is 160 Å². The van der Waals surface area contributed by atoms with Gasteiger partial charge < -0.3 is 14.8 Å². The van der Waals surface area contributed by atoms with E-state index in [-0.39, 0.29) is 17.9 Å². The van der Waals surface area contributed by atoms with E-state index in [1.807, 2.05) is 23.1 Å². The summed E-state index contributed by atoms with van der Waals surface area (Å²) < 4.78 is 2.18. The van der Waals surface area contributed by atoms with Crippen molar-refractivity contribution in [1.82, 2.24) is 19.8 Å². The molecular weight excluding hydrogens is 340 g/mol. The van der Waals surface area contributed by atoms with Crippen molar-refractivity contribution < 1.29 is 9.59 Å². The van der Waals surface area contributed by atoms with E-state index in [1.54, 1.807) is 0 Å². The van der Waals surface area contributed by atoms with Crippen LogP contribution in [0.25, 0.3) is 11.0 Å². The number of piperidine rings is 1. The minimum Gasteiger partial charge on any atom is -0.356 e. The number of fused-ring (bicyclic) bond motifs is 1. The predicted molar refractivity (Wildman–Crippen MR) is 106 cm³/mol. The monoisotopic (exact) mass is 370 g/mol. The van der Waals surface area contributed by atoms with Gasteiger partial charge in [0.25, 0.3) is 0 Å². The first-order valence-electron chi connectivity index (χ1n) is 10.1. The smallest absolute Gasteiger partial charge is 0.224 e. The van der Waals surface area contributed by atoms with Gasteiger partial charge in [0.2, 0.25) is 11.8 Å². The quantitative estimate of drug-likeness (QED) is 0.815. The normalized spacial score (nSPS) is 17.3. The molecule has 6 heteroatoms. The van der Waals surface area contributed by atoms with Crippen LogP contribution in [-0.4, -0.2) is 45.4 Å². The first-order chi connectivity index (χ1) is 13.1. The van der Waals surface area contributed by atoms with Crippen molar-refractivity contribution in [3.63, 3.8) is 0 Å². The molecular formula is C21H30N4O2. The molecule has 0 unspecified atom stereocenters. The molecule has 1 atom stereocenters. The molecule has 0 spiro atoms. The largest absolute Gasteiger partial charge is 0.356 e. The third-order valence-electron chi connectivity index (χ3n) is 5.40. The number of rotatable bonds is 7. The van der Waals surface area contributed by atoms with E-state index in [2.05, 4.69) is 22.9 Å². The minimum atomic E-state index is -0.0113. The molecule has 2 aromatic rings. The number of hydrogen-bond acceptors (Lipinski definition) is 3. The second-order valence-corrected chi connectivity index (χ2v) is 7.28. The second-order valence-electron chi connectivity index (χ2n) is 7.28. The Morgan fingerprint density at radius 3 is 2.85 bits per heavy atom. The number of likely N-dealkylation sites (tertiary alicyclic amines) is 1. The maximum absolute atomic E-state index is 12.9. The van der Waals surface area contributed by atoms with Crippen molar-refractivity contribution in [1.29, 1.82) is 0 Å². The third-order valence-corrected chi connectivity index (χ3v) is 5.40. The molecule has 3 rings (SSSR count). The maximum Gasteiger partial charge on any atom is 0.224 e. The second kappa shape index (κ2) is 9.02. The molecule has 6 nitrogen and oxygen atoms in total. The highest BCUT2D eigenvalue weighted by molar-refractivity contribution is 5.78. The summed E-state index contributed by atoms with van der Waals surface area (Å²) in [5, 5.41) is 2.85. The number of aryl methyl sites for hydroxylation is 2. The molecule has 27 heavy (non-hydrogen) atoms. The summed E-state index contributed by atoms with van der Waals surface area (Å²) in [5.41, 5.74) is 2.09. The molecule has 2 heterocycles. The minimum absolute atomic E-state index is 0.0113. The number of carbonyl (C=O) groups is 2. The van der Waals surface area contributed by atoms with Crippen molar-refractivity contribution in [2.75, 3.05) is 13.1 Å². The van der Waals surface area contributed by atoms with E-state index in [0.717, 1.165) is 55.5 Å². The van der Waals surface area contributed by atoms with Crippen LogP contribution in [0.5, 0.6) is 0 Å². The Hall–Kier alpha value is -2.37. The average Bonchev–Trinajstić information content (AvgIpc) is 3.04. The van der Waals surface area contributed by atoms with Gasteiger partial charge in [-0.15, -0.1) is 0 Å². The lowest BCUT2D eigenvalue weighted by Gasteiger charge is -2.36. The van der Waals surface area contributed by atoms with Crippen LogP contribution in [0.4, 0.5) is 0 Å². The van der Waals surface area contributed by atoms with Gasteiger partial charge >= 0.3 is 0 Å². The predicted octanol–water partition coefficient (Wildman–Crippen LogP) is 2.90. The van der Waals surface area contributed by atoms with Crippen LogP contribution in [0.3, 0.4) is 0 Å². The number of nitrogens with one attached hydrogen (secondary N) is 1. The Morgan fingerprint density at radius 1 is 1.26 bits per heavy atom. The topological polar surface area (TPSA) is 67.2 Å². The molecule has 0 bridgehead atoms. The fourth-order valence-corrected chi connectivity index (χ4v) is 4.04. The fraction of sp³-hybridized carbons (Fsp3) is 0.571. The van der Waals surface area contributed by atoms with Crippen molar-refractivity contribution in [3.05, 3.63) is 30.1 Å². The van der Waals surface area contributed by atoms with Crippen LogP contribution < -0.4 is 5.32 Å². The van der Waals surface area contributed by atoms with E-state index in [1.165, 1.54) is 6.92 Å². The molecule has 1 N–H and O–H groups in total. The molecule has 0 aliphatic carbocycles. The number of para-hydroxylation sites is 2. The lowest BCUT2D eigenvalue weighted by Crippen LogP contribution is -2.45. The van der Waals surface area contributed by atoms with Crippen molar-refractivity contribution >= 4 is 22.8 Å². The molecule has 1 saturated heterocycles. The highest BCUT2D eigenvalue weighted by Crippen LogP contribution is 2.22. The Kier molecular flexibility index (Phi) is 6.48. The number of carbonyl (C=O) groups excluding carboxylic acids is 2. The van der Waals surface area contributed by atoms with E-state index >= 15 is 0 Å². The Balaban J connectivity index is 1.64. The van der Waals surface area contributed by atoms with Crippen LogP contribution in [0, 0.1) is 0 Å². The number of benzene rings is 1. The van der Waals surface area contributed by atoms with Gasteiger partial charge in [-0.25, -0.2) is 4.98 Å². The van der Waals surface area contributed by atoms with Crippen molar-refractivity contribution in [3.8, 4) is 0 Å². The molecule has 1 fully saturated rings. The van der Waals surface area contributed by atoms with Gasteiger partial charge in [-0.05, 0) is 37.8 Å². The lowest BCUT2D eigenvalue weighted by atomic mass is 9.98. The van der Waals surface area contributed by atoms with Gasteiger partial charge in [0.1, 0.15) is 5.82 Å². The fourth-order valence-electron chi connectivity index (χ4n) is 4.04. The summed E-state index contributed by atoms with van der Waals surface area (Å²) in [6, 6.07) is 8.35. The summed E-state index contributed by atoms with van der Waals surface area (Å²) in [5.74, 6) is 1.23. The van der Waals surface area contributed by atoms with E-state index in [0.29, 0.717) is 19.5 Å². The standard InChI is InChI=1S/C21H30N4O2/c1-3-20-23-18-9-4-5-10-19(18)25(20)15-12-21(27)24-14-7-6-8-17(24)11-13-22-16(2)26/h4-5,9-10,17H,3,6-8,11-15H2,1-2H3,(H,22,26)/t17-/m1/s1. The maximum atomic E-state index is 12.9. The summed E-state index contributed by atoms with van der Waals surface area (Å²) >= 11 is 0. The summed E-state index contributed by atoms with van der Waals surface area (Å²) in [4.78, 5) is 30.8. The van der Waals surface area contributed by atoms with E-state index < -0.39 is 0 Å². The van der Waals surface area contributed by atoms with Gasteiger partial charge in [-0.1, -0.05) is 19.1 Å². The zero-order valence-electron chi connectivity index (χ0n) is 16.4. The average molecular weight is 370 g/mol. The van der Waals surface area contributed by atoms with E-state index in [4.69, 9.17) is 4.98 Å². The van der Waals surface area contributed by atoms with Gasteiger partial charge in [0, 0.05) is 45.4 Å². The van der Waals surface area contributed by atoms with Crippen LogP contribution in [0.2, 0.25) is 0 Å². The molecule has 1 aliphatic rings. The zero-order valence-corrected chi connectivity index (χ0v) is 16.4. The van der Waals surface area contributed by atoms with Crippen molar-refractivity contribution in [2.45, 2.75) is 65.0 Å². The third kappa shape index (κ3) is 4.67. The number of aromatic nitrogens is 2. The molecule has 146 valence electrons. The van der Waals surface area contributed by atoms with Crippen LogP contribution in [0.15, 0.2) is 24.3 Å². The molecule has 1 aromatic carbocycles. The van der Waals surface area contributed by atoms with Gasteiger partial charge in [0.05, 0.1) is 11.0 Å². The SMILES string of the molecule is CCc1nc2ccccc2n1CCC(=O)N1CCCC[C@@H]1CCNC(C)=O. The van der Waals surface area contributed by atoms with Gasteiger partial charge in [-0.3, -0.25) is 9.59 Å².